The van der Waals surface area contributed by atoms with Crippen LogP contribution < -0.4 is 10.6 Å². The highest BCUT2D eigenvalue weighted by atomic mass is 32.1. The Balaban J connectivity index is 1.80. The molecule has 2 amide bonds. The molecule has 3 aromatic rings. The number of nitrogens with one attached hydrogen (secondary N) is 3. The number of aromatic amines is 1. The summed E-state index contributed by atoms with van der Waals surface area (Å²) in [6.45, 7) is 8.83. The third kappa shape index (κ3) is 3.62. The van der Waals surface area contributed by atoms with Crippen LogP contribution in [-0.2, 0) is 5.41 Å². The normalized spacial score (nSPS) is 11.5. The zero-order valence-corrected chi connectivity index (χ0v) is 16.1. The summed E-state index contributed by atoms with van der Waals surface area (Å²) in [6, 6.07) is 9.30. The minimum Gasteiger partial charge on any atom is -0.352 e. The molecule has 3 N–H and O–H groups in total. The quantitative estimate of drug-likeness (QED) is 0.650. The lowest BCUT2D eigenvalue weighted by Crippen LogP contribution is -2.21. The van der Waals surface area contributed by atoms with Crippen molar-refractivity contribution in [3.05, 3.63) is 46.3 Å². The Kier molecular flexibility index (Phi) is 4.82. The number of nitrogens with zero attached hydrogens (tertiary/aromatic N) is 1. The van der Waals surface area contributed by atoms with Crippen LogP contribution in [0.5, 0.6) is 0 Å². The van der Waals surface area contributed by atoms with Crippen LogP contribution in [0.2, 0.25) is 0 Å². The van der Waals surface area contributed by atoms with Crippen molar-refractivity contribution in [2.45, 2.75) is 33.1 Å². The van der Waals surface area contributed by atoms with E-state index in [1.165, 1.54) is 16.9 Å². The van der Waals surface area contributed by atoms with Crippen LogP contribution in [0.3, 0.4) is 0 Å². The van der Waals surface area contributed by atoms with Gasteiger partial charge in [0, 0.05) is 12.1 Å². The third-order valence-electron chi connectivity index (χ3n) is 4.04. The first kappa shape index (κ1) is 18.1. The topological polar surface area (TPSA) is 86.9 Å². The molecule has 0 saturated heterocycles. The van der Waals surface area contributed by atoms with Gasteiger partial charge in [-0.3, -0.25) is 14.7 Å². The molecule has 0 aliphatic carbocycles. The number of carbonyl (C=O) groups is 2. The fourth-order valence-electron chi connectivity index (χ4n) is 2.56. The number of aromatic nitrogens is 2. The second kappa shape index (κ2) is 6.92. The molecule has 7 heteroatoms. The number of hydrogen-bond acceptors (Lipinski definition) is 4. The van der Waals surface area contributed by atoms with Crippen LogP contribution in [-0.4, -0.2) is 28.6 Å². The molecule has 0 spiro atoms. The lowest BCUT2D eigenvalue weighted by atomic mass is 9.87. The number of thiophene rings is 1. The Bertz CT molecular complexity index is 948. The van der Waals surface area contributed by atoms with Gasteiger partial charge in [0.15, 0.2) is 5.82 Å². The second-order valence-electron chi connectivity index (χ2n) is 7.07. The second-order valence-corrected chi connectivity index (χ2v) is 8.12. The molecule has 2 heterocycles. The average Bonchev–Trinajstić information content (AvgIpc) is 3.16. The SMILES string of the molecule is CCNC(=O)c1cc2[nH]nc(NC(=O)c3ccc(C(C)(C)C)cc3)c2s1. The van der Waals surface area contributed by atoms with Crippen LogP contribution in [0.25, 0.3) is 10.2 Å². The highest BCUT2D eigenvalue weighted by Gasteiger charge is 2.18. The van der Waals surface area contributed by atoms with Crippen molar-refractivity contribution in [1.29, 1.82) is 0 Å². The van der Waals surface area contributed by atoms with E-state index < -0.39 is 0 Å². The average molecular weight is 370 g/mol. The molecule has 26 heavy (non-hydrogen) atoms. The molecule has 0 bridgehead atoms. The molecule has 0 saturated carbocycles. The number of carbonyl (C=O) groups excluding carboxylic acids is 2. The standard InChI is InChI=1S/C19H22N4O2S/c1-5-20-18(25)14-10-13-15(26-14)16(23-22-13)21-17(24)11-6-8-12(9-7-11)19(2,3)4/h6-10H,5H2,1-4H3,(H,20,25)(H2,21,22,23,24). The van der Waals surface area contributed by atoms with E-state index in [0.29, 0.717) is 22.8 Å². The lowest BCUT2D eigenvalue weighted by Gasteiger charge is -2.18. The van der Waals surface area contributed by atoms with Crippen molar-refractivity contribution in [3.8, 4) is 0 Å². The summed E-state index contributed by atoms with van der Waals surface area (Å²) in [6.07, 6.45) is 0. The first-order chi connectivity index (χ1) is 12.3. The number of hydrogen-bond donors (Lipinski definition) is 3. The maximum absolute atomic E-state index is 12.5. The first-order valence-electron chi connectivity index (χ1n) is 8.47. The minimum absolute atomic E-state index is 0.0375. The van der Waals surface area contributed by atoms with Gasteiger partial charge >= 0.3 is 0 Å². The molecule has 0 fully saturated rings. The molecule has 0 aliphatic rings. The monoisotopic (exact) mass is 370 g/mol. The Morgan fingerprint density at radius 1 is 1.15 bits per heavy atom. The Morgan fingerprint density at radius 3 is 2.46 bits per heavy atom. The van der Waals surface area contributed by atoms with Gasteiger partial charge in [0.1, 0.15) is 0 Å². The van der Waals surface area contributed by atoms with E-state index >= 15 is 0 Å². The lowest BCUT2D eigenvalue weighted by molar-refractivity contribution is 0.0959. The summed E-state index contributed by atoms with van der Waals surface area (Å²) in [7, 11) is 0. The number of rotatable bonds is 4. The van der Waals surface area contributed by atoms with E-state index in [4.69, 9.17) is 0 Å². The molecule has 0 unspecified atom stereocenters. The minimum atomic E-state index is -0.230. The van der Waals surface area contributed by atoms with Crippen LogP contribution in [0.1, 0.15) is 53.3 Å². The van der Waals surface area contributed by atoms with E-state index in [1.807, 2.05) is 31.2 Å². The predicted molar refractivity (Wildman–Crippen MR) is 105 cm³/mol. The molecule has 1 aromatic carbocycles. The van der Waals surface area contributed by atoms with Gasteiger partial charge in [0.2, 0.25) is 0 Å². The summed E-state index contributed by atoms with van der Waals surface area (Å²) < 4.78 is 0.755. The summed E-state index contributed by atoms with van der Waals surface area (Å²) in [5, 5.41) is 12.6. The Morgan fingerprint density at radius 2 is 1.85 bits per heavy atom. The Labute approximate surface area is 156 Å². The number of anilines is 1. The summed E-state index contributed by atoms with van der Waals surface area (Å²) >= 11 is 1.30. The van der Waals surface area contributed by atoms with Gasteiger partial charge in [-0.25, -0.2) is 0 Å². The van der Waals surface area contributed by atoms with Crippen LogP contribution >= 0.6 is 11.3 Å². The van der Waals surface area contributed by atoms with E-state index in [0.717, 1.165) is 10.2 Å². The van der Waals surface area contributed by atoms with E-state index in [2.05, 4.69) is 41.6 Å². The van der Waals surface area contributed by atoms with Crippen LogP contribution in [0.15, 0.2) is 30.3 Å². The molecular formula is C19H22N4O2S. The molecule has 0 aliphatic heterocycles. The zero-order chi connectivity index (χ0) is 18.9. The van der Waals surface area contributed by atoms with Crippen molar-refractivity contribution < 1.29 is 9.59 Å². The molecular weight excluding hydrogens is 348 g/mol. The summed E-state index contributed by atoms with van der Waals surface area (Å²) in [5.74, 6) is 0.0782. The van der Waals surface area contributed by atoms with E-state index in [-0.39, 0.29) is 17.2 Å². The molecule has 2 aromatic heterocycles. The van der Waals surface area contributed by atoms with E-state index in [9.17, 15) is 9.59 Å². The van der Waals surface area contributed by atoms with Gasteiger partial charge in [0.05, 0.1) is 15.1 Å². The van der Waals surface area contributed by atoms with Gasteiger partial charge in [0.25, 0.3) is 11.8 Å². The number of benzene rings is 1. The van der Waals surface area contributed by atoms with Crippen molar-refractivity contribution >= 4 is 39.2 Å². The van der Waals surface area contributed by atoms with Crippen LogP contribution in [0, 0.1) is 0 Å². The highest BCUT2D eigenvalue weighted by molar-refractivity contribution is 7.21. The van der Waals surface area contributed by atoms with Gasteiger partial charge in [-0.15, -0.1) is 11.3 Å². The summed E-state index contributed by atoms with van der Waals surface area (Å²) in [5.41, 5.74) is 2.50. The smallest absolute Gasteiger partial charge is 0.261 e. The summed E-state index contributed by atoms with van der Waals surface area (Å²) in [4.78, 5) is 25.1. The fraction of sp³-hybridized carbons (Fsp3) is 0.316. The molecule has 136 valence electrons. The van der Waals surface area contributed by atoms with Crippen molar-refractivity contribution in [3.63, 3.8) is 0 Å². The predicted octanol–water partition coefficient (Wildman–Crippen LogP) is 3.92. The molecule has 0 atom stereocenters. The first-order valence-corrected chi connectivity index (χ1v) is 9.29. The van der Waals surface area contributed by atoms with Gasteiger partial charge < -0.3 is 10.6 Å². The molecule has 0 radical (unpaired) electrons. The molecule has 3 rings (SSSR count). The maximum atomic E-state index is 12.5. The highest BCUT2D eigenvalue weighted by Crippen LogP contribution is 2.30. The van der Waals surface area contributed by atoms with Crippen molar-refractivity contribution in [2.75, 3.05) is 11.9 Å². The van der Waals surface area contributed by atoms with Gasteiger partial charge in [-0.2, -0.15) is 5.10 Å². The van der Waals surface area contributed by atoms with E-state index in [1.54, 1.807) is 6.07 Å². The third-order valence-corrected chi connectivity index (χ3v) is 5.18. The largest absolute Gasteiger partial charge is 0.352 e. The van der Waals surface area contributed by atoms with Crippen LogP contribution in [0.4, 0.5) is 5.82 Å². The number of H-pyrrole nitrogens is 1. The fourth-order valence-corrected chi connectivity index (χ4v) is 3.53. The molecule has 6 nitrogen and oxygen atoms in total. The van der Waals surface area contributed by atoms with Gasteiger partial charge in [-0.05, 0) is 36.1 Å². The number of amides is 2. The Hall–Kier alpha value is -2.67. The van der Waals surface area contributed by atoms with Crippen molar-refractivity contribution in [1.82, 2.24) is 15.5 Å². The van der Waals surface area contributed by atoms with Crippen molar-refractivity contribution in [2.24, 2.45) is 0 Å². The maximum Gasteiger partial charge on any atom is 0.261 e. The number of fused-ring (bicyclic) bond motifs is 1. The van der Waals surface area contributed by atoms with Gasteiger partial charge in [-0.1, -0.05) is 32.9 Å². The zero-order valence-electron chi connectivity index (χ0n) is 15.3.